The van der Waals surface area contributed by atoms with Crippen molar-refractivity contribution in [2.24, 2.45) is 0 Å². The van der Waals surface area contributed by atoms with Gasteiger partial charge in [0.1, 0.15) is 0 Å². The van der Waals surface area contributed by atoms with Crippen LogP contribution in [0.4, 0.5) is 5.69 Å². The lowest BCUT2D eigenvalue weighted by Crippen LogP contribution is -2.00. The number of hydrogen-bond donors (Lipinski definition) is 0. The number of nitro benzene ring substituents is 1. The third-order valence-corrected chi connectivity index (χ3v) is 3.64. The third kappa shape index (κ3) is 2.57. The van der Waals surface area contributed by atoms with Gasteiger partial charge in [-0.05, 0) is 22.0 Å². The fourth-order valence-corrected chi connectivity index (χ4v) is 2.61. The van der Waals surface area contributed by atoms with E-state index in [0.29, 0.717) is 5.69 Å². The van der Waals surface area contributed by atoms with Crippen LogP contribution in [0.2, 0.25) is 0 Å². The van der Waals surface area contributed by atoms with Crippen molar-refractivity contribution in [2.75, 3.05) is 0 Å². The molecule has 0 bridgehead atoms. The highest BCUT2D eigenvalue weighted by atomic mass is 79.9. The Morgan fingerprint density at radius 3 is 2.57 bits per heavy atom. The summed E-state index contributed by atoms with van der Waals surface area (Å²) < 4.78 is 2.52. The van der Waals surface area contributed by atoms with Crippen molar-refractivity contribution in [2.45, 2.75) is 0 Å². The first-order valence-corrected chi connectivity index (χ1v) is 7.00. The molecular weight excluding hydrogens is 334 g/mol. The fraction of sp³-hybridized carbons (Fsp3) is 0. The summed E-state index contributed by atoms with van der Waals surface area (Å²) in [4.78, 5) is 10.5. The number of non-ortho nitro benzene ring substituents is 1. The number of hydrogen-bond acceptors (Lipinski definition) is 3. The lowest BCUT2D eigenvalue weighted by molar-refractivity contribution is -0.384. The Kier molecular flexibility index (Phi) is 3.53. The molecule has 0 fully saturated rings. The van der Waals surface area contributed by atoms with Crippen LogP contribution < -0.4 is 0 Å². The van der Waals surface area contributed by atoms with E-state index in [1.54, 1.807) is 23.0 Å². The molecule has 1 heterocycles. The molecule has 0 radical (unpaired) electrons. The largest absolute Gasteiger partial charge is 0.271 e. The van der Waals surface area contributed by atoms with Crippen LogP contribution in [0.25, 0.3) is 16.9 Å². The van der Waals surface area contributed by atoms with E-state index in [2.05, 4.69) is 21.0 Å². The van der Waals surface area contributed by atoms with Gasteiger partial charge in [0.25, 0.3) is 5.69 Å². The van der Waals surface area contributed by atoms with Crippen molar-refractivity contribution in [3.8, 4) is 16.9 Å². The van der Waals surface area contributed by atoms with E-state index in [0.717, 1.165) is 15.7 Å². The van der Waals surface area contributed by atoms with E-state index in [9.17, 15) is 10.1 Å². The SMILES string of the molecule is O=[N+]([O-])c1cccc(-n2ncc(Br)c2-c2ccccc2)c1. The Hall–Kier alpha value is -2.47. The predicted molar refractivity (Wildman–Crippen MR) is 83.4 cm³/mol. The van der Waals surface area contributed by atoms with Crippen molar-refractivity contribution in [3.63, 3.8) is 0 Å². The second-order valence-corrected chi connectivity index (χ2v) is 5.25. The first-order chi connectivity index (χ1) is 10.2. The molecule has 0 saturated heterocycles. The van der Waals surface area contributed by atoms with Crippen LogP contribution in [0, 0.1) is 10.1 Å². The summed E-state index contributed by atoms with van der Waals surface area (Å²) in [6, 6.07) is 16.2. The Morgan fingerprint density at radius 2 is 1.86 bits per heavy atom. The first-order valence-electron chi connectivity index (χ1n) is 6.20. The summed E-state index contributed by atoms with van der Waals surface area (Å²) in [5, 5.41) is 15.2. The molecule has 0 N–H and O–H groups in total. The van der Waals surface area contributed by atoms with Crippen LogP contribution in [0.5, 0.6) is 0 Å². The zero-order valence-electron chi connectivity index (χ0n) is 10.8. The maximum atomic E-state index is 10.9. The molecule has 0 saturated carbocycles. The van der Waals surface area contributed by atoms with Gasteiger partial charge < -0.3 is 0 Å². The van der Waals surface area contributed by atoms with E-state index in [1.807, 2.05) is 30.3 Å². The van der Waals surface area contributed by atoms with Gasteiger partial charge in [-0.25, -0.2) is 4.68 Å². The van der Waals surface area contributed by atoms with Crippen LogP contribution in [-0.4, -0.2) is 14.7 Å². The molecule has 0 unspecified atom stereocenters. The first kappa shape index (κ1) is 13.5. The van der Waals surface area contributed by atoms with Crippen LogP contribution in [0.15, 0.2) is 65.3 Å². The number of nitro groups is 1. The van der Waals surface area contributed by atoms with Crippen LogP contribution in [0.3, 0.4) is 0 Å². The summed E-state index contributed by atoms with van der Waals surface area (Å²) in [6.07, 6.45) is 1.68. The van der Waals surface area contributed by atoms with Gasteiger partial charge in [-0.2, -0.15) is 5.10 Å². The molecule has 21 heavy (non-hydrogen) atoms. The van der Waals surface area contributed by atoms with Crippen LogP contribution in [0.1, 0.15) is 0 Å². The molecule has 2 aromatic carbocycles. The van der Waals surface area contributed by atoms with Crippen molar-refractivity contribution < 1.29 is 4.92 Å². The van der Waals surface area contributed by atoms with Gasteiger partial charge in [-0.1, -0.05) is 36.4 Å². The maximum absolute atomic E-state index is 10.9. The number of rotatable bonds is 3. The van der Waals surface area contributed by atoms with Gasteiger partial charge in [0.05, 0.1) is 27.0 Å². The number of benzene rings is 2. The fourth-order valence-electron chi connectivity index (χ4n) is 2.12. The lowest BCUT2D eigenvalue weighted by Gasteiger charge is -2.08. The zero-order valence-corrected chi connectivity index (χ0v) is 12.4. The molecule has 6 heteroatoms. The normalized spacial score (nSPS) is 10.5. The van der Waals surface area contributed by atoms with E-state index in [1.165, 1.54) is 12.1 Å². The molecule has 1 aromatic heterocycles. The number of aromatic nitrogens is 2. The molecular formula is C15H10BrN3O2. The monoisotopic (exact) mass is 343 g/mol. The van der Waals surface area contributed by atoms with E-state index in [-0.39, 0.29) is 5.69 Å². The minimum atomic E-state index is -0.412. The topological polar surface area (TPSA) is 61.0 Å². The molecule has 5 nitrogen and oxygen atoms in total. The summed E-state index contributed by atoms with van der Waals surface area (Å²) in [5.74, 6) is 0. The maximum Gasteiger partial charge on any atom is 0.271 e. The predicted octanol–water partition coefficient (Wildman–Crippen LogP) is 4.21. The molecule has 0 aliphatic rings. The quantitative estimate of drug-likeness (QED) is 0.528. The highest BCUT2D eigenvalue weighted by Gasteiger charge is 2.14. The van der Waals surface area contributed by atoms with Gasteiger partial charge in [-0.3, -0.25) is 10.1 Å². The van der Waals surface area contributed by atoms with Crippen molar-refractivity contribution in [1.82, 2.24) is 9.78 Å². The Bertz CT molecular complexity index is 800. The molecule has 3 aromatic rings. The average Bonchev–Trinajstić information content (AvgIpc) is 2.90. The minimum Gasteiger partial charge on any atom is -0.258 e. The van der Waals surface area contributed by atoms with Gasteiger partial charge >= 0.3 is 0 Å². The second-order valence-electron chi connectivity index (χ2n) is 4.40. The molecule has 0 amide bonds. The summed E-state index contributed by atoms with van der Waals surface area (Å²) in [7, 11) is 0. The zero-order chi connectivity index (χ0) is 14.8. The van der Waals surface area contributed by atoms with Gasteiger partial charge in [-0.15, -0.1) is 0 Å². The summed E-state index contributed by atoms with van der Waals surface area (Å²) >= 11 is 3.48. The smallest absolute Gasteiger partial charge is 0.258 e. The van der Waals surface area contributed by atoms with E-state index < -0.39 is 4.92 Å². The Balaban J connectivity index is 2.17. The Morgan fingerprint density at radius 1 is 1.10 bits per heavy atom. The van der Waals surface area contributed by atoms with Crippen molar-refractivity contribution >= 4 is 21.6 Å². The molecule has 0 spiro atoms. The van der Waals surface area contributed by atoms with Crippen LogP contribution in [-0.2, 0) is 0 Å². The molecule has 0 aliphatic carbocycles. The highest BCUT2D eigenvalue weighted by molar-refractivity contribution is 9.10. The second kappa shape index (κ2) is 5.49. The van der Waals surface area contributed by atoms with Crippen molar-refractivity contribution in [1.29, 1.82) is 0 Å². The number of nitrogens with zero attached hydrogens (tertiary/aromatic N) is 3. The molecule has 0 aliphatic heterocycles. The Labute approximate surface area is 129 Å². The average molecular weight is 344 g/mol. The minimum absolute atomic E-state index is 0.0399. The summed E-state index contributed by atoms with van der Waals surface area (Å²) in [6.45, 7) is 0. The van der Waals surface area contributed by atoms with E-state index in [4.69, 9.17) is 0 Å². The van der Waals surface area contributed by atoms with Gasteiger partial charge in [0.15, 0.2) is 0 Å². The van der Waals surface area contributed by atoms with E-state index >= 15 is 0 Å². The van der Waals surface area contributed by atoms with Crippen LogP contribution >= 0.6 is 15.9 Å². The van der Waals surface area contributed by atoms with Crippen molar-refractivity contribution in [3.05, 3.63) is 75.4 Å². The molecule has 0 atom stereocenters. The number of halogens is 1. The standard InChI is InChI=1S/C15H10BrN3O2/c16-14-10-17-18(15(14)11-5-2-1-3-6-11)12-7-4-8-13(9-12)19(20)21/h1-10H. The molecule has 3 rings (SSSR count). The molecule has 104 valence electrons. The lowest BCUT2D eigenvalue weighted by atomic mass is 10.1. The third-order valence-electron chi connectivity index (χ3n) is 3.06. The highest BCUT2D eigenvalue weighted by Crippen LogP contribution is 2.30. The summed E-state index contributed by atoms with van der Waals surface area (Å²) in [5.41, 5.74) is 2.52. The van der Waals surface area contributed by atoms with Gasteiger partial charge in [0, 0.05) is 17.7 Å². The van der Waals surface area contributed by atoms with Gasteiger partial charge in [0.2, 0.25) is 0 Å².